The number of ether oxygens (including phenoxy) is 1. The number of aliphatic imine (C=N–C) groups is 1. The molecule has 0 saturated carbocycles. The Hall–Kier alpha value is -0.800. The number of piperidine rings is 1. The van der Waals surface area contributed by atoms with E-state index < -0.39 is 0 Å². The van der Waals surface area contributed by atoms with E-state index in [1.54, 1.807) is 13.4 Å². The zero-order chi connectivity index (χ0) is 17.9. The summed E-state index contributed by atoms with van der Waals surface area (Å²) in [6.45, 7) is 9.18. The summed E-state index contributed by atoms with van der Waals surface area (Å²) in [4.78, 5) is 7.22. The molecule has 0 bridgehead atoms. The van der Waals surface area contributed by atoms with Gasteiger partial charge in [-0.25, -0.2) is 0 Å². The van der Waals surface area contributed by atoms with Crippen LogP contribution in [0.3, 0.4) is 0 Å². The number of halogens is 1. The first-order chi connectivity index (χ1) is 12.2. The Labute approximate surface area is 175 Å². The van der Waals surface area contributed by atoms with Crippen LogP contribution in [0.25, 0.3) is 0 Å². The third-order valence-electron chi connectivity index (χ3n) is 4.74. The van der Waals surface area contributed by atoms with Gasteiger partial charge in [0.15, 0.2) is 5.96 Å². The number of nitrogens with one attached hydrogen (secondary N) is 2. The number of nitrogens with zero attached hydrogens (tertiary/aromatic N) is 2. The molecule has 150 valence electrons. The van der Waals surface area contributed by atoms with E-state index in [4.69, 9.17) is 14.1 Å². The summed E-state index contributed by atoms with van der Waals surface area (Å²) in [5, 5.41) is 7.14. The van der Waals surface area contributed by atoms with E-state index in [2.05, 4.69) is 29.4 Å². The Morgan fingerprint density at radius 2 is 2.19 bits per heavy atom. The van der Waals surface area contributed by atoms with Gasteiger partial charge >= 0.3 is 0 Å². The molecular weight excluding hydrogens is 443 g/mol. The van der Waals surface area contributed by atoms with Crippen molar-refractivity contribution in [3.05, 3.63) is 24.2 Å². The van der Waals surface area contributed by atoms with Crippen LogP contribution in [0.4, 0.5) is 0 Å². The number of hydrogen-bond donors (Lipinski definition) is 2. The molecule has 6 nitrogen and oxygen atoms in total. The van der Waals surface area contributed by atoms with Crippen LogP contribution in [-0.4, -0.2) is 62.8 Å². The van der Waals surface area contributed by atoms with Crippen molar-refractivity contribution in [3.8, 4) is 0 Å². The number of methoxy groups -OCH3 is 1. The highest BCUT2D eigenvalue weighted by atomic mass is 127. The monoisotopic (exact) mass is 478 g/mol. The lowest BCUT2D eigenvalue weighted by atomic mass is 10.1. The fourth-order valence-electron chi connectivity index (χ4n) is 2.92. The van der Waals surface area contributed by atoms with Gasteiger partial charge in [0.2, 0.25) is 0 Å². The molecule has 1 unspecified atom stereocenters. The summed E-state index contributed by atoms with van der Waals surface area (Å²) in [7, 11) is 1.76. The molecule has 0 radical (unpaired) electrons. The summed E-state index contributed by atoms with van der Waals surface area (Å²) >= 11 is 0. The van der Waals surface area contributed by atoms with Crippen LogP contribution in [0.2, 0.25) is 0 Å². The van der Waals surface area contributed by atoms with Crippen LogP contribution in [-0.2, 0) is 11.2 Å². The van der Waals surface area contributed by atoms with Gasteiger partial charge in [-0.2, -0.15) is 0 Å². The molecule has 7 heteroatoms. The van der Waals surface area contributed by atoms with Gasteiger partial charge in [0.25, 0.3) is 0 Å². The van der Waals surface area contributed by atoms with E-state index in [-0.39, 0.29) is 24.0 Å². The Bertz CT molecular complexity index is 488. The molecule has 26 heavy (non-hydrogen) atoms. The predicted octanol–water partition coefficient (Wildman–Crippen LogP) is 2.88. The van der Waals surface area contributed by atoms with E-state index in [0.717, 1.165) is 70.2 Å². The zero-order valence-electron chi connectivity index (χ0n) is 16.4. The molecule has 0 amide bonds. The standard InChI is InChI=1S/C19H34N4O2.HI/c1-4-16(2)21-19(20-10-7-18-6-5-14-25-18)22-17-8-11-23(12-9-17)13-15-24-3;/h5-6,14,16-17H,4,7-13,15H2,1-3H3,(H2,20,21,22);1H. The topological polar surface area (TPSA) is 62.0 Å². The minimum atomic E-state index is 0. The first-order valence-electron chi connectivity index (χ1n) is 9.52. The molecular formula is C19H35IN4O2. The average Bonchev–Trinajstić information content (AvgIpc) is 3.14. The maximum Gasteiger partial charge on any atom is 0.191 e. The summed E-state index contributed by atoms with van der Waals surface area (Å²) < 4.78 is 10.6. The van der Waals surface area contributed by atoms with Gasteiger partial charge in [-0.15, -0.1) is 24.0 Å². The maximum atomic E-state index is 5.39. The summed E-state index contributed by atoms with van der Waals surface area (Å²) in [6, 6.07) is 4.82. The van der Waals surface area contributed by atoms with Gasteiger partial charge in [0.05, 0.1) is 12.9 Å². The van der Waals surface area contributed by atoms with E-state index in [0.29, 0.717) is 12.1 Å². The van der Waals surface area contributed by atoms with Gasteiger partial charge in [0.1, 0.15) is 5.76 Å². The lowest BCUT2D eigenvalue weighted by molar-refractivity contribution is 0.128. The number of rotatable bonds is 9. The quantitative estimate of drug-likeness (QED) is 0.325. The van der Waals surface area contributed by atoms with Crippen molar-refractivity contribution in [1.29, 1.82) is 0 Å². The van der Waals surface area contributed by atoms with Crippen molar-refractivity contribution in [2.75, 3.05) is 39.9 Å². The molecule has 1 aromatic heterocycles. The molecule has 2 N–H and O–H groups in total. The SMILES string of the molecule is CCC(C)NC(=NCCc1ccco1)NC1CCN(CCOC)CC1.I. The average molecular weight is 478 g/mol. The normalized spacial score (nSPS) is 17.6. The van der Waals surface area contributed by atoms with Crippen LogP contribution in [0.15, 0.2) is 27.8 Å². The van der Waals surface area contributed by atoms with E-state index in [1.165, 1.54) is 0 Å². The third kappa shape index (κ3) is 8.73. The van der Waals surface area contributed by atoms with Crippen molar-refractivity contribution in [2.24, 2.45) is 4.99 Å². The second-order valence-corrected chi connectivity index (χ2v) is 6.77. The predicted molar refractivity (Wildman–Crippen MR) is 117 cm³/mol. The zero-order valence-corrected chi connectivity index (χ0v) is 18.7. The first kappa shape index (κ1) is 23.2. The van der Waals surface area contributed by atoms with Gasteiger partial charge in [-0.05, 0) is 38.3 Å². The molecule has 1 aromatic rings. The molecule has 1 fully saturated rings. The summed E-state index contributed by atoms with van der Waals surface area (Å²) in [6.07, 6.45) is 5.91. The highest BCUT2D eigenvalue weighted by Gasteiger charge is 2.20. The lowest BCUT2D eigenvalue weighted by Crippen LogP contribution is -2.50. The van der Waals surface area contributed by atoms with Crippen LogP contribution in [0.5, 0.6) is 0 Å². The molecule has 0 spiro atoms. The second kappa shape index (κ2) is 13.4. The van der Waals surface area contributed by atoms with Gasteiger partial charge in [-0.1, -0.05) is 6.92 Å². The molecule has 2 rings (SSSR count). The maximum absolute atomic E-state index is 5.39. The lowest BCUT2D eigenvalue weighted by Gasteiger charge is -2.33. The minimum absolute atomic E-state index is 0. The number of furan rings is 1. The third-order valence-corrected chi connectivity index (χ3v) is 4.74. The molecule has 1 aliphatic rings. The van der Waals surface area contributed by atoms with E-state index >= 15 is 0 Å². The molecule has 0 aliphatic carbocycles. The smallest absolute Gasteiger partial charge is 0.191 e. The second-order valence-electron chi connectivity index (χ2n) is 6.77. The Morgan fingerprint density at radius 3 is 2.81 bits per heavy atom. The highest BCUT2D eigenvalue weighted by Crippen LogP contribution is 2.10. The highest BCUT2D eigenvalue weighted by molar-refractivity contribution is 14.0. The fraction of sp³-hybridized carbons (Fsp3) is 0.737. The molecule has 1 saturated heterocycles. The van der Waals surface area contributed by atoms with Crippen molar-refractivity contribution < 1.29 is 9.15 Å². The van der Waals surface area contributed by atoms with Crippen molar-refractivity contribution in [1.82, 2.24) is 15.5 Å². The molecule has 1 atom stereocenters. The van der Waals surface area contributed by atoms with Crippen LogP contribution in [0, 0.1) is 0 Å². The molecule has 1 aliphatic heterocycles. The van der Waals surface area contributed by atoms with Crippen molar-refractivity contribution in [2.45, 2.75) is 51.6 Å². The Kier molecular flexibility index (Phi) is 12.0. The first-order valence-corrected chi connectivity index (χ1v) is 9.52. The van der Waals surface area contributed by atoms with Gasteiger partial charge in [0, 0.05) is 51.8 Å². The Morgan fingerprint density at radius 1 is 1.42 bits per heavy atom. The van der Waals surface area contributed by atoms with E-state index in [9.17, 15) is 0 Å². The molecule has 0 aromatic carbocycles. The van der Waals surface area contributed by atoms with Crippen molar-refractivity contribution in [3.63, 3.8) is 0 Å². The number of guanidine groups is 1. The number of hydrogen-bond acceptors (Lipinski definition) is 4. The number of likely N-dealkylation sites (tertiary alicyclic amines) is 1. The molecule has 2 heterocycles. The van der Waals surface area contributed by atoms with Crippen LogP contribution < -0.4 is 10.6 Å². The summed E-state index contributed by atoms with van der Waals surface area (Å²) in [5.74, 6) is 1.91. The van der Waals surface area contributed by atoms with Crippen LogP contribution in [0.1, 0.15) is 38.9 Å². The Balaban J connectivity index is 0.00000338. The minimum Gasteiger partial charge on any atom is -0.469 e. The van der Waals surface area contributed by atoms with Gasteiger partial charge in [-0.3, -0.25) is 4.99 Å². The van der Waals surface area contributed by atoms with Gasteiger partial charge < -0.3 is 24.7 Å². The fourth-order valence-corrected chi connectivity index (χ4v) is 2.92. The van der Waals surface area contributed by atoms with E-state index in [1.807, 2.05) is 12.1 Å². The summed E-state index contributed by atoms with van der Waals surface area (Å²) in [5.41, 5.74) is 0. The largest absolute Gasteiger partial charge is 0.469 e. The van der Waals surface area contributed by atoms with Crippen molar-refractivity contribution >= 4 is 29.9 Å². The van der Waals surface area contributed by atoms with Crippen LogP contribution >= 0.6 is 24.0 Å².